The van der Waals surface area contributed by atoms with Crippen LogP contribution in [0, 0.1) is 0 Å². The van der Waals surface area contributed by atoms with Gasteiger partial charge in [-0.25, -0.2) is 0 Å². The molecule has 104 valence electrons. The first kappa shape index (κ1) is 13.3. The van der Waals surface area contributed by atoms with E-state index in [2.05, 4.69) is 30.0 Å². The van der Waals surface area contributed by atoms with Gasteiger partial charge >= 0.3 is 0 Å². The predicted octanol–water partition coefficient (Wildman–Crippen LogP) is 3.90. The molecule has 2 aliphatic rings. The molecule has 1 aromatic carbocycles. The lowest BCUT2D eigenvalue weighted by Crippen LogP contribution is -2.15. The van der Waals surface area contributed by atoms with E-state index >= 15 is 0 Å². The summed E-state index contributed by atoms with van der Waals surface area (Å²) in [6.45, 7) is 0. The van der Waals surface area contributed by atoms with Crippen molar-refractivity contribution >= 4 is 11.8 Å². The van der Waals surface area contributed by atoms with Gasteiger partial charge in [0.25, 0.3) is 0 Å². The van der Waals surface area contributed by atoms with Crippen molar-refractivity contribution in [1.29, 1.82) is 0 Å². The standard InChI is InChI=1S/C16H23NOS/c17-16(11-19-15-6-1-2-7-15)12-4-3-5-14(10-12)18-13-8-9-13/h3-5,10,13,15-16H,1-2,6-9,11,17H2. The van der Waals surface area contributed by atoms with E-state index in [9.17, 15) is 0 Å². The third-order valence-corrected chi connectivity index (χ3v) is 5.42. The maximum Gasteiger partial charge on any atom is 0.120 e. The van der Waals surface area contributed by atoms with Crippen LogP contribution < -0.4 is 10.5 Å². The van der Waals surface area contributed by atoms with Crippen molar-refractivity contribution < 1.29 is 4.74 Å². The molecule has 3 heteroatoms. The van der Waals surface area contributed by atoms with Gasteiger partial charge in [-0.3, -0.25) is 0 Å². The molecular formula is C16H23NOS. The van der Waals surface area contributed by atoms with Crippen LogP contribution in [0.3, 0.4) is 0 Å². The van der Waals surface area contributed by atoms with Crippen molar-refractivity contribution in [1.82, 2.24) is 0 Å². The van der Waals surface area contributed by atoms with Gasteiger partial charge < -0.3 is 10.5 Å². The molecule has 3 rings (SSSR count). The van der Waals surface area contributed by atoms with Crippen LogP contribution in [0.15, 0.2) is 24.3 Å². The lowest BCUT2D eigenvalue weighted by atomic mass is 10.1. The van der Waals surface area contributed by atoms with E-state index in [-0.39, 0.29) is 6.04 Å². The highest BCUT2D eigenvalue weighted by atomic mass is 32.2. The van der Waals surface area contributed by atoms with Crippen molar-refractivity contribution in [3.05, 3.63) is 29.8 Å². The summed E-state index contributed by atoms with van der Waals surface area (Å²) >= 11 is 2.05. The molecule has 0 amide bonds. The van der Waals surface area contributed by atoms with Gasteiger partial charge in [0.2, 0.25) is 0 Å². The van der Waals surface area contributed by atoms with Crippen molar-refractivity contribution in [2.45, 2.75) is 55.9 Å². The fraction of sp³-hybridized carbons (Fsp3) is 0.625. The van der Waals surface area contributed by atoms with Crippen LogP contribution in [-0.2, 0) is 0 Å². The Bertz CT molecular complexity index is 413. The van der Waals surface area contributed by atoms with Gasteiger partial charge in [-0.2, -0.15) is 11.8 Å². The minimum Gasteiger partial charge on any atom is -0.490 e. The maximum atomic E-state index is 6.31. The van der Waals surface area contributed by atoms with Gasteiger partial charge in [0.1, 0.15) is 5.75 Å². The van der Waals surface area contributed by atoms with Crippen LogP contribution in [0.25, 0.3) is 0 Å². The smallest absolute Gasteiger partial charge is 0.120 e. The van der Waals surface area contributed by atoms with Crippen molar-refractivity contribution in [2.24, 2.45) is 5.73 Å². The summed E-state index contributed by atoms with van der Waals surface area (Å²) < 4.78 is 5.83. The minimum absolute atomic E-state index is 0.133. The van der Waals surface area contributed by atoms with Gasteiger partial charge in [0.05, 0.1) is 6.10 Å². The van der Waals surface area contributed by atoms with Crippen LogP contribution in [-0.4, -0.2) is 17.1 Å². The van der Waals surface area contributed by atoms with Crippen LogP contribution >= 0.6 is 11.8 Å². The summed E-state index contributed by atoms with van der Waals surface area (Å²) in [5.41, 5.74) is 7.52. The molecule has 0 aromatic heterocycles. The number of hydrogen-bond donors (Lipinski definition) is 1. The first-order valence-corrected chi connectivity index (χ1v) is 8.50. The lowest BCUT2D eigenvalue weighted by Gasteiger charge is -2.16. The van der Waals surface area contributed by atoms with E-state index in [1.807, 2.05) is 6.07 Å². The molecule has 0 aliphatic heterocycles. The summed E-state index contributed by atoms with van der Waals surface area (Å²) in [5, 5.41) is 0.844. The second kappa shape index (κ2) is 6.19. The molecule has 2 fully saturated rings. The van der Waals surface area contributed by atoms with Crippen LogP contribution in [0.4, 0.5) is 0 Å². The van der Waals surface area contributed by atoms with Crippen LogP contribution in [0.5, 0.6) is 5.75 Å². The highest BCUT2D eigenvalue weighted by Gasteiger charge is 2.23. The number of benzene rings is 1. The Balaban J connectivity index is 1.53. The monoisotopic (exact) mass is 277 g/mol. The second-order valence-electron chi connectivity index (χ2n) is 5.74. The summed E-state index contributed by atoms with van der Waals surface area (Å²) in [7, 11) is 0. The zero-order valence-corrected chi connectivity index (χ0v) is 12.2. The zero-order chi connectivity index (χ0) is 13.1. The molecule has 19 heavy (non-hydrogen) atoms. The third-order valence-electron chi connectivity index (χ3n) is 3.93. The number of nitrogens with two attached hydrogens (primary N) is 1. The predicted molar refractivity (Wildman–Crippen MR) is 81.7 cm³/mol. The Kier molecular flexibility index (Phi) is 4.34. The van der Waals surface area contributed by atoms with E-state index in [0.717, 1.165) is 16.8 Å². The molecule has 0 radical (unpaired) electrons. The molecule has 2 nitrogen and oxygen atoms in total. The molecular weight excluding hydrogens is 254 g/mol. The lowest BCUT2D eigenvalue weighted by molar-refractivity contribution is 0.303. The van der Waals surface area contributed by atoms with E-state index in [1.54, 1.807) is 0 Å². The van der Waals surface area contributed by atoms with Crippen molar-refractivity contribution in [2.75, 3.05) is 5.75 Å². The number of ether oxygens (including phenoxy) is 1. The van der Waals surface area contributed by atoms with Gasteiger partial charge in [0.15, 0.2) is 0 Å². The van der Waals surface area contributed by atoms with E-state index in [0.29, 0.717) is 6.10 Å². The highest BCUT2D eigenvalue weighted by Crippen LogP contribution is 2.32. The number of hydrogen-bond acceptors (Lipinski definition) is 3. The molecule has 1 aromatic rings. The molecule has 2 saturated carbocycles. The Morgan fingerprint density at radius 3 is 2.74 bits per heavy atom. The molecule has 2 aliphatic carbocycles. The zero-order valence-electron chi connectivity index (χ0n) is 11.4. The Labute approximate surface area is 120 Å². The molecule has 0 spiro atoms. The highest BCUT2D eigenvalue weighted by molar-refractivity contribution is 7.99. The first-order valence-electron chi connectivity index (χ1n) is 7.45. The normalized spacial score (nSPS) is 21.5. The largest absolute Gasteiger partial charge is 0.490 e. The first-order chi connectivity index (χ1) is 9.31. The average Bonchev–Trinajstić information content (AvgIpc) is 3.08. The Morgan fingerprint density at radius 2 is 2.00 bits per heavy atom. The number of thioether (sulfide) groups is 1. The quantitative estimate of drug-likeness (QED) is 0.856. The van der Waals surface area contributed by atoms with Crippen LogP contribution in [0.1, 0.15) is 50.1 Å². The molecule has 2 N–H and O–H groups in total. The summed E-state index contributed by atoms with van der Waals surface area (Å²) in [4.78, 5) is 0. The third kappa shape index (κ3) is 3.90. The van der Waals surface area contributed by atoms with Crippen molar-refractivity contribution in [3.8, 4) is 5.75 Å². The van der Waals surface area contributed by atoms with E-state index < -0.39 is 0 Å². The van der Waals surface area contributed by atoms with E-state index in [1.165, 1.54) is 44.1 Å². The maximum absolute atomic E-state index is 6.31. The fourth-order valence-corrected chi connectivity index (χ4v) is 3.93. The average molecular weight is 277 g/mol. The molecule has 1 atom stereocenters. The summed E-state index contributed by atoms with van der Waals surface area (Å²) in [5.74, 6) is 2.01. The number of rotatable bonds is 6. The molecule has 0 saturated heterocycles. The fourth-order valence-electron chi connectivity index (χ4n) is 2.59. The molecule has 1 unspecified atom stereocenters. The van der Waals surface area contributed by atoms with Gasteiger partial charge in [-0.15, -0.1) is 0 Å². The summed E-state index contributed by atoms with van der Waals surface area (Å²) in [6, 6.07) is 8.48. The Hall–Kier alpha value is -0.670. The minimum atomic E-state index is 0.133. The van der Waals surface area contributed by atoms with Crippen LogP contribution in [0.2, 0.25) is 0 Å². The van der Waals surface area contributed by atoms with Gasteiger partial charge in [0, 0.05) is 17.0 Å². The van der Waals surface area contributed by atoms with Crippen molar-refractivity contribution in [3.63, 3.8) is 0 Å². The van der Waals surface area contributed by atoms with Gasteiger partial charge in [-0.05, 0) is 43.4 Å². The topological polar surface area (TPSA) is 35.2 Å². The molecule has 0 heterocycles. The second-order valence-corrected chi connectivity index (χ2v) is 7.07. The van der Waals surface area contributed by atoms with E-state index in [4.69, 9.17) is 10.5 Å². The molecule has 0 bridgehead atoms. The summed E-state index contributed by atoms with van der Waals surface area (Å²) in [6.07, 6.45) is 8.42. The SMILES string of the molecule is NC(CSC1CCCC1)c1cccc(OC2CC2)c1. The van der Waals surface area contributed by atoms with Gasteiger partial charge in [-0.1, -0.05) is 25.0 Å². The Morgan fingerprint density at radius 1 is 1.21 bits per heavy atom.